The van der Waals surface area contributed by atoms with Gasteiger partial charge in [-0.05, 0) is 39.3 Å². The monoisotopic (exact) mass is 327 g/mol. The molecule has 0 aliphatic carbocycles. The Bertz CT molecular complexity index is 752. The molecule has 6 nitrogen and oxygen atoms in total. The Balaban J connectivity index is 1.75. The van der Waals surface area contributed by atoms with Crippen molar-refractivity contribution in [3.8, 4) is 11.5 Å². The predicted octanol–water partition coefficient (Wildman–Crippen LogP) is 2.39. The van der Waals surface area contributed by atoms with Crippen LogP contribution in [0.1, 0.15) is 36.5 Å². The number of amides is 2. The summed E-state index contributed by atoms with van der Waals surface area (Å²) in [6.45, 7) is 6.32. The van der Waals surface area contributed by atoms with Crippen LogP contribution < -0.4 is 5.32 Å². The molecule has 1 fully saturated rings. The van der Waals surface area contributed by atoms with Gasteiger partial charge in [0.25, 0.3) is 5.91 Å². The molecule has 126 valence electrons. The fourth-order valence-corrected chi connectivity index (χ4v) is 2.88. The Kier molecular flexibility index (Phi) is 4.38. The molecule has 1 saturated heterocycles. The van der Waals surface area contributed by atoms with Gasteiger partial charge in [0.2, 0.25) is 17.6 Å². The maximum absolute atomic E-state index is 12.5. The highest BCUT2D eigenvalue weighted by Gasteiger charge is 2.35. The number of hydrogen-bond donors (Lipinski definition) is 1. The van der Waals surface area contributed by atoms with E-state index in [1.165, 1.54) is 0 Å². The van der Waals surface area contributed by atoms with Gasteiger partial charge >= 0.3 is 0 Å². The number of aromatic nitrogens is 1. The molecule has 3 rings (SSSR count). The number of likely N-dealkylation sites (tertiary alicyclic amines) is 1. The number of carbonyl (C=O) groups excluding carboxylic acids is 2. The van der Waals surface area contributed by atoms with Gasteiger partial charge in [0, 0.05) is 18.2 Å². The number of aryl methyl sites for hydroxylation is 1. The molecule has 0 bridgehead atoms. The van der Waals surface area contributed by atoms with Crippen molar-refractivity contribution >= 4 is 11.8 Å². The van der Waals surface area contributed by atoms with E-state index in [2.05, 4.69) is 10.3 Å². The molecule has 0 saturated carbocycles. The minimum absolute atomic E-state index is 0.0428. The lowest BCUT2D eigenvalue weighted by Gasteiger charge is -2.20. The smallest absolute Gasteiger partial charge is 0.289 e. The van der Waals surface area contributed by atoms with Gasteiger partial charge in [-0.3, -0.25) is 9.59 Å². The van der Waals surface area contributed by atoms with Crippen molar-refractivity contribution in [1.82, 2.24) is 15.2 Å². The normalized spacial score (nSPS) is 17.6. The molecule has 0 spiro atoms. The second kappa shape index (κ2) is 6.47. The van der Waals surface area contributed by atoms with Crippen molar-refractivity contribution in [3.63, 3.8) is 0 Å². The van der Waals surface area contributed by atoms with Crippen molar-refractivity contribution in [2.24, 2.45) is 0 Å². The highest BCUT2D eigenvalue weighted by Crippen LogP contribution is 2.22. The van der Waals surface area contributed by atoms with Crippen LogP contribution in [0.4, 0.5) is 0 Å². The van der Waals surface area contributed by atoms with Crippen molar-refractivity contribution < 1.29 is 14.0 Å². The number of nitrogens with one attached hydrogen (secondary N) is 1. The summed E-state index contributed by atoms with van der Waals surface area (Å²) in [5.41, 5.74) is 1.32. The number of hydrogen-bond acceptors (Lipinski definition) is 4. The van der Waals surface area contributed by atoms with Gasteiger partial charge in [0.15, 0.2) is 0 Å². The summed E-state index contributed by atoms with van der Waals surface area (Å²) < 4.78 is 5.63. The minimum atomic E-state index is -0.496. The third-order valence-corrected chi connectivity index (χ3v) is 4.19. The first-order chi connectivity index (χ1) is 11.5. The van der Waals surface area contributed by atoms with E-state index >= 15 is 0 Å². The first-order valence-electron chi connectivity index (χ1n) is 8.11. The summed E-state index contributed by atoms with van der Waals surface area (Å²) in [7, 11) is 0. The number of carbonyl (C=O) groups is 2. The van der Waals surface area contributed by atoms with Crippen LogP contribution in [0, 0.1) is 6.92 Å². The molecule has 2 heterocycles. The summed E-state index contributed by atoms with van der Waals surface area (Å²) >= 11 is 0. The molecule has 24 heavy (non-hydrogen) atoms. The van der Waals surface area contributed by atoms with Crippen molar-refractivity contribution in [3.05, 3.63) is 41.8 Å². The van der Waals surface area contributed by atoms with E-state index in [9.17, 15) is 9.59 Å². The first kappa shape index (κ1) is 16.2. The van der Waals surface area contributed by atoms with E-state index in [1.807, 2.05) is 44.2 Å². The average molecular weight is 327 g/mol. The van der Waals surface area contributed by atoms with Crippen LogP contribution >= 0.6 is 0 Å². The summed E-state index contributed by atoms with van der Waals surface area (Å²) in [6, 6.07) is 9.04. The second-order valence-corrected chi connectivity index (χ2v) is 6.24. The highest BCUT2D eigenvalue weighted by atomic mass is 16.4. The van der Waals surface area contributed by atoms with Gasteiger partial charge in [-0.25, -0.2) is 4.98 Å². The van der Waals surface area contributed by atoms with Crippen LogP contribution in [0.25, 0.3) is 11.5 Å². The second-order valence-electron chi connectivity index (χ2n) is 6.24. The van der Waals surface area contributed by atoms with Gasteiger partial charge in [-0.2, -0.15) is 0 Å². The van der Waals surface area contributed by atoms with Crippen LogP contribution in [0.2, 0.25) is 0 Å². The third-order valence-electron chi connectivity index (χ3n) is 4.19. The van der Waals surface area contributed by atoms with E-state index in [-0.39, 0.29) is 17.7 Å². The van der Waals surface area contributed by atoms with Crippen LogP contribution in [-0.2, 0) is 4.79 Å². The average Bonchev–Trinajstić information content (AvgIpc) is 3.12. The lowest BCUT2D eigenvalue weighted by Crippen LogP contribution is -2.43. The molecule has 6 heteroatoms. The van der Waals surface area contributed by atoms with E-state index in [4.69, 9.17) is 4.42 Å². The Morgan fingerprint density at radius 1 is 1.33 bits per heavy atom. The molecule has 2 aromatic rings. The zero-order chi connectivity index (χ0) is 17.3. The predicted molar refractivity (Wildman–Crippen MR) is 89.4 cm³/mol. The largest absolute Gasteiger partial charge is 0.431 e. The molecule has 1 aliphatic heterocycles. The third kappa shape index (κ3) is 3.04. The lowest BCUT2D eigenvalue weighted by molar-refractivity contribution is -0.130. The van der Waals surface area contributed by atoms with Gasteiger partial charge in [-0.15, -0.1) is 0 Å². The van der Waals surface area contributed by atoms with E-state index in [0.29, 0.717) is 24.6 Å². The van der Waals surface area contributed by atoms with Gasteiger partial charge in [-0.1, -0.05) is 18.2 Å². The van der Waals surface area contributed by atoms with Crippen LogP contribution in [0.5, 0.6) is 0 Å². The Hall–Kier alpha value is -2.63. The van der Waals surface area contributed by atoms with E-state index in [0.717, 1.165) is 5.56 Å². The quantitative estimate of drug-likeness (QED) is 0.935. The minimum Gasteiger partial charge on any atom is -0.431 e. The maximum Gasteiger partial charge on any atom is 0.289 e. The fourth-order valence-electron chi connectivity index (χ4n) is 2.88. The zero-order valence-corrected chi connectivity index (χ0v) is 14.1. The Labute approximate surface area is 140 Å². The molecule has 1 aliphatic rings. The zero-order valence-electron chi connectivity index (χ0n) is 14.1. The Morgan fingerprint density at radius 2 is 2.04 bits per heavy atom. The van der Waals surface area contributed by atoms with Crippen molar-refractivity contribution in [1.29, 1.82) is 0 Å². The summed E-state index contributed by atoms with van der Waals surface area (Å²) in [4.78, 5) is 30.9. The van der Waals surface area contributed by atoms with Crippen LogP contribution in [0.15, 0.2) is 34.7 Å². The molecule has 0 radical (unpaired) electrons. The van der Waals surface area contributed by atoms with E-state index < -0.39 is 11.9 Å². The maximum atomic E-state index is 12.5. The summed E-state index contributed by atoms with van der Waals surface area (Å²) in [6.07, 6.45) is 0.613. The molecule has 1 aromatic carbocycles. The molecule has 2 amide bonds. The molecular formula is C18H21N3O3. The standard InChI is InChI=1S/C18H21N3O3/c1-11(2)21-10-9-14(18(21)23)20-16(22)15-12(3)19-17(24-15)13-7-5-4-6-8-13/h4-8,11,14H,9-10H2,1-3H3,(H,20,22). The first-order valence-corrected chi connectivity index (χ1v) is 8.11. The van der Waals surface area contributed by atoms with Gasteiger partial charge in [0.05, 0.1) is 5.69 Å². The lowest BCUT2D eigenvalue weighted by atomic mass is 10.2. The topological polar surface area (TPSA) is 75.4 Å². The van der Waals surface area contributed by atoms with Crippen molar-refractivity contribution in [2.45, 2.75) is 39.3 Å². The van der Waals surface area contributed by atoms with Gasteiger partial charge in [0.1, 0.15) is 6.04 Å². The Morgan fingerprint density at radius 3 is 2.67 bits per heavy atom. The van der Waals surface area contributed by atoms with Crippen molar-refractivity contribution in [2.75, 3.05) is 6.54 Å². The summed E-state index contributed by atoms with van der Waals surface area (Å²) in [5.74, 6) is 0.120. The summed E-state index contributed by atoms with van der Waals surface area (Å²) in [5, 5.41) is 2.77. The van der Waals surface area contributed by atoms with Crippen LogP contribution in [-0.4, -0.2) is 40.3 Å². The number of rotatable bonds is 4. The number of oxazole rings is 1. The fraction of sp³-hybridized carbons (Fsp3) is 0.389. The number of benzene rings is 1. The molecule has 1 unspecified atom stereocenters. The molecule has 1 N–H and O–H groups in total. The molecule has 1 atom stereocenters. The van der Waals surface area contributed by atoms with E-state index in [1.54, 1.807) is 11.8 Å². The highest BCUT2D eigenvalue weighted by molar-refractivity contribution is 5.97. The molecule has 1 aromatic heterocycles. The number of nitrogens with zero attached hydrogens (tertiary/aromatic N) is 2. The SMILES string of the molecule is Cc1nc(-c2ccccc2)oc1C(=O)NC1CCN(C(C)C)C1=O. The van der Waals surface area contributed by atoms with Gasteiger partial charge < -0.3 is 14.6 Å². The van der Waals surface area contributed by atoms with Crippen LogP contribution in [0.3, 0.4) is 0 Å². The molecular weight excluding hydrogens is 306 g/mol.